The molecule has 0 aliphatic carbocycles. The number of hydrogen-bond acceptors (Lipinski definition) is 3. The van der Waals surface area contributed by atoms with E-state index in [-0.39, 0.29) is 11.6 Å². The highest BCUT2D eigenvalue weighted by Gasteiger charge is 2.13. The fourth-order valence-corrected chi connectivity index (χ4v) is 2.16. The lowest BCUT2D eigenvalue weighted by molar-refractivity contribution is 0.171. The Morgan fingerprint density at radius 1 is 1.19 bits per heavy atom. The van der Waals surface area contributed by atoms with Gasteiger partial charge in [-0.05, 0) is 32.8 Å². The van der Waals surface area contributed by atoms with Gasteiger partial charge in [0.15, 0.2) is 0 Å². The van der Waals surface area contributed by atoms with Crippen molar-refractivity contribution in [3.8, 4) is 0 Å². The predicted molar refractivity (Wildman–Crippen MR) is 85.1 cm³/mol. The van der Waals surface area contributed by atoms with Gasteiger partial charge in [-0.2, -0.15) is 5.10 Å². The maximum atomic E-state index is 10.0. The van der Waals surface area contributed by atoms with Crippen LogP contribution in [0.2, 0.25) is 0 Å². The van der Waals surface area contributed by atoms with Crippen molar-refractivity contribution in [1.82, 2.24) is 15.1 Å². The van der Waals surface area contributed by atoms with Crippen LogP contribution in [-0.4, -0.2) is 27.5 Å². The van der Waals surface area contributed by atoms with Crippen molar-refractivity contribution in [2.45, 2.75) is 45.4 Å². The van der Waals surface area contributed by atoms with Crippen LogP contribution in [-0.2, 0) is 18.5 Å². The molecule has 0 aliphatic rings. The summed E-state index contributed by atoms with van der Waals surface area (Å²) >= 11 is 0. The maximum Gasteiger partial charge on any atom is 0.0704 e. The summed E-state index contributed by atoms with van der Waals surface area (Å²) in [5.74, 6) is 0. The second-order valence-corrected chi connectivity index (χ2v) is 6.44. The van der Waals surface area contributed by atoms with Gasteiger partial charge in [0.25, 0.3) is 0 Å². The van der Waals surface area contributed by atoms with Crippen LogP contribution in [0.1, 0.15) is 31.9 Å². The number of benzene rings is 1. The third-order valence-corrected chi connectivity index (χ3v) is 3.35. The molecule has 0 saturated carbocycles. The van der Waals surface area contributed by atoms with E-state index in [1.807, 2.05) is 41.2 Å². The first-order valence-corrected chi connectivity index (χ1v) is 7.42. The third-order valence-electron chi connectivity index (χ3n) is 3.35. The zero-order valence-corrected chi connectivity index (χ0v) is 13.1. The molecule has 4 nitrogen and oxygen atoms in total. The van der Waals surface area contributed by atoms with Gasteiger partial charge in [0.1, 0.15) is 0 Å². The van der Waals surface area contributed by atoms with E-state index in [9.17, 15) is 5.11 Å². The Bertz CT molecular complexity index is 543. The lowest BCUT2D eigenvalue weighted by atomic mass is 10.1. The number of aromatic nitrogens is 2. The van der Waals surface area contributed by atoms with E-state index in [1.54, 1.807) is 0 Å². The Morgan fingerprint density at radius 2 is 1.90 bits per heavy atom. The summed E-state index contributed by atoms with van der Waals surface area (Å²) in [5.41, 5.74) is 2.30. The van der Waals surface area contributed by atoms with Crippen molar-refractivity contribution in [2.75, 3.05) is 6.54 Å². The third kappa shape index (κ3) is 4.99. The molecule has 0 saturated heterocycles. The minimum atomic E-state index is -0.370. The molecule has 114 valence electrons. The van der Waals surface area contributed by atoms with Gasteiger partial charge >= 0.3 is 0 Å². The fourth-order valence-electron chi connectivity index (χ4n) is 2.16. The van der Waals surface area contributed by atoms with Gasteiger partial charge in [-0.15, -0.1) is 0 Å². The summed E-state index contributed by atoms with van der Waals surface area (Å²) in [6.45, 7) is 7.68. The summed E-state index contributed by atoms with van der Waals surface area (Å²) in [6.07, 6.45) is 4.23. The smallest absolute Gasteiger partial charge is 0.0704 e. The van der Waals surface area contributed by atoms with Gasteiger partial charge in [0.05, 0.1) is 17.8 Å². The number of nitrogens with zero attached hydrogens (tertiary/aromatic N) is 2. The fraction of sp³-hybridized carbons (Fsp3) is 0.471. The highest BCUT2D eigenvalue weighted by molar-refractivity contribution is 5.15. The molecule has 0 aliphatic heterocycles. The van der Waals surface area contributed by atoms with Crippen LogP contribution in [0.15, 0.2) is 42.7 Å². The molecule has 0 bridgehead atoms. The van der Waals surface area contributed by atoms with E-state index in [2.05, 4.69) is 37.4 Å². The molecule has 0 amide bonds. The molecule has 0 radical (unpaired) electrons. The SMILES string of the molecule is CC(C)(C)n1cc(CNCC(O)Cc2ccccc2)cn1. The van der Waals surface area contributed by atoms with E-state index in [0.717, 1.165) is 17.7 Å². The van der Waals surface area contributed by atoms with Gasteiger partial charge in [-0.3, -0.25) is 4.68 Å². The van der Waals surface area contributed by atoms with E-state index in [4.69, 9.17) is 0 Å². The average molecular weight is 287 g/mol. The first-order chi connectivity index (χ1) is 9.95. The van der Waals surface area contributed by atoms with Crippen molar-refractivity contribution in [2.24, 2.45) is 0 Å². The lowest BCUT2D eigenvalue weighted by Crippen LogP contribution is -2.28. The predicted octanol–water partition coefficient (Wildman–Crippen LogP) is 2.33. The van der Waals surface area contributed by atoms with Gasteiger partial charge in [-0.1, -0.05) is 30.3 Å². The van der Waals surface area contributed by atoms with E-state index < -0.39 is 0 Å². The van der Waals surface area contributed by atoms with Crippen LogP contribution < -0.4 is 5.32 Å². The first-order valence-electron chi connectivity index (χ1n) is 7.42. The van der Waals surface area contributed by atoms with Crippen molar-refractivity contribution in [3.05, 3.63) is 53.9 Å². The molecule has 21 heavy (non-hydrogen) atoms. The summed E-state index contributed by atoms with van der Waals surface area (Å²) in [4.78, 5) is 0. The second kappa shape index (κ2) is 6.87. The Labute approximate surface area is 126 Å². The molecular formula is C17H25N3O. The standard InChI is InChI=1S/C17H25N3O/c1-17(2,3)20-13-15(11-19-20)10-18-12-16(21)9-14-7-5-4-6-8-14/h4-8,11,13,16,18,21H,9-10,12H2,1-3H3. The highest BCUT2D eigenvalue weighted by Crippen LogP contribution is 2.13. The Morgan fingerprint density at radius 3 is 2.52 bits per heavy atom. The Hall–Kier alpha value is -1.65. The molecule has 0 fully saturated rings. The number of nitrogens with one attached hydrogen (secondary N) is 1. The van der Waals surface area contributed by atoms with Gasteiger partial charge < -0.3 is 10.4 Å². The highest BCUT2D eigenvalue weighted by atomic mass is 16.3. The topological polar surface area (TPSA) is 50.1 Å². The molecule has 1 aromatic heterocycles. The second-order valence-electron chi connectivity index (χ2n) is 6.44. The van der Waals surface area contributed by atoms with Crippen LogP contribution >= 0.6 is 0 Å². The van der Waals surface area contributed by atoms with Crippen LogP contribution in [0, 0.1) is 0 Å². The molecular weight excluding hydrogens is 262 g/mol. The van der Waals surface area contributed by atoms with Crippen LogP contribution in [0.5, 0.6) is 0 Å². The summed E-state index contributed by atoms with van der Waals surface area (Å²) in [6, 6.07) is 10.1. The molecule has 1 unspecified atom stereocenters. The minimum Gasteiger partial charge on any atom is -0.391 e. The zero-order chi connectivity index (χ0) is 15.3. The molecule has 2 rings (SSSR count). The molecule has 1 atom stereocenters. The summed E-state index contributed by atoms with van der Waals surface area (Å²) < 4.78 is 1.96. The van der Waals surface area contributed by atoms with E-state index in [1.165, 1.54) is 0 Å². The lowest BCUT2D eigenvalue weighted by Gasteiger charge is -2.18. The van der Waals surface area contributed by atoms with Crippen LogP contribution in [0.3, 0.4) is 0 Å². The van der Waals surface area contributed by atoms with Crippen LogP contribution in [0.4, 0.5) is 0 Å². The minimum absolute atomic E-state index is 0.00503. The zero-order valence-electron chi connectivity index (χ0n) is 13.1. The van der Waals surface area contributed by atoms with Crippen molar-refractivity contribution >= 4 is 0 Å². The number of aliphatic hydroxyl groups is 1. The first kappa shape index (κ1) is 15.7. The summed E-state index contributed by atoms with van der Waals surface area (Å²) in [5, 5.41) is 17.7. The van der Waals surface area contributed by atoms with Crippen LogP contribution in [0.25, 0.3) is 0 Å². The number of hydrogen-bond donors (Lipinski definition) is 2. The average Bonchev–Trinajstić information content (AvgIpc) is 2.88. The maximum absolute atomic E-state index is 10.0. The van der Waals surface area contributed by atoms with Crippen molar-refractivity contribution in [3.63, 3.8) is 0 Å². The molecule has 4 heteroatoms. The Kier molecular flexibility index (Phi) is 5.15. The monoisotopic (exact) mass is 287 g/mol. The number of rotatable bonds is 6. The largest absolute Gasteiger partial charge is 0.391 e. The Balaban J connectivity index is 1.75. The molecule has 2 aromatic rings. The van der Waals surface area contributed by atoms with Crippen molar-refractivity contribution < 1.29 is 5.11 Å². The molecule has 2 N–H and O–H groups in total. The summed E-state index contributed by atoms with van der Waals surface area (Å²) in [7, 11) is 0. The van der Waals surface area contributed by atoms with E-state index in [0.29, 0.717) is 13.0 Å². The normalized spacial score (nSPS) is 13.3. The van der Waals surface area contributed by atoms with Gasteiger partial charge in [0.2, 0.25) is 0 Å². The number of aliphatic hydroxyl groups excluding tert-OH is 1. The van der Waals surface area contributed by atoms with Crippen molar-refractivity contribution in [1.29, 1.82) is 0 Å². The van der Waals surface area contributed by atoms with Gasteiger partial charge in [-0.25, -0.2) is 0 Å². The molecule has 0 spiro atoms. The quantitative estimate of drug-likeness (QED) is 0.857. The molecule has 1 heterocycles. The van der Waals surface area contributed by atoms with Gasteiger partial charge in [0, 0.05) is 24.8 Å². The van der Waals surface area contributed by atoms with E-state index >= 15 is 0 Å². The molecule has 1 aromatic carbocycles.